The smallest absolute Gasteiger partial charge is 0.263 e. The third-order valence-corrected chi connectivity index (χ3v) is 4.35. The second kappa shape index (κ2) is 6.47. The van der Waals surface area contributed by atoms with E-state index in [0.29, 0.717) is 11.5 Å². The molecule has 0 radical (unpaired) electrons. The fourth-order valence-electron chi connectivity index (χ4n) is 3.14. The molecule has 1 aliphatic carbocycles. The van der Waals surface area contributed by atoms with Crippen molar-refractivity contribution < 1.29 is 13.9 Å². The number of benzene rings is 1. The van der Waals surface area contributed by atoms with Gasteiger partial charge in [-0.1, -0.05) is 44.4 Å². The maximum Gasteiger partial charge on any atom is 0.263 e. The molecule has 1 saturated carbocycles. The SMILES string of the molecule is CCC1CCCC(C(O)c2cccc(C(F)F)c2)C1. The van der Waals surface area contributed by atoms with Crippen LogP contribution in [0.5, 0.6) is 0 Å². The van der Waals surface area contributed by atoms with Gasteiger partial charge in [-0.2, -0.15) is 0 Å². The van der Waals surface area contributed by atoms with Crippen LogP contribution in [0.15, 0.2) is 24.3 Å². The van der Waals surface area contributed by atoms with Crippen LogP contribution in [0.2, 0.25) is 0 Å². The Labute approximate surface area is 113 Å². The van der Waals surface area contributed by atoms with Gasteiger partial charge in [-0.3, -0.25) is 0 Å². The molecule has 0 amide bonds. The summed E-state index contributed by atoms with van der Waals surface area (Å²) in [5.41, 5.74) is 0.638. The summed E-state index contributed by atoms with van der Waals surface area (Å²) in [4.78, 5) is 0. The number of aliphatic hydroxyl groups is 1. The van der Waals surface area contributed by atoms with Gasteiger partial charge in [0.05, 0.1) is 6.10 Å². The molecule has 1 fully saturated rings. The molecular weight excluding hydrogens is 246 g/mol. The standard InChI is InChI=1S/C16H22F2O/c1-2-11-5-3-6-12(9-11)15(19)13-7-4-8-14(10-13)16(17)18/h4,7-8,10-12,15-16,19H,2-3,5-6,9H2,1H3. The number of hydrogen-bond donors (Lipinski definition) is 1. The molecule has 19 heavy (non-hydrogen) atoms. The lowest BCUT2D eigenvalue weighted by atomic mass is 9.76. The maximum absolute atomic E-state index is 12.7. The summed E-state index contributed by atoms with van der Waals surface area (Å²) in [7, 11) is 0. The predicted molar refractivity (Wildman–Crippen MR) is 72.1 cm³/mol. The van der Waals surface area contributed by atoms with Crippen LogP contribution in [0.4, 0.5) is 8.78 Å². The van der Waals surface area contributed by atoms with Crippen molar-refractivity contribution in [3.63, 3.8) is 0 Å². The van der Waals surface area contributed by atoms with E-state index in [1.54, 1.807) is 12.1 Å². The Morgan fingerprint density at radius 1 is 1.26 bits per heavy atom. The molecule has 1 aromatic rings. The lowest BCUT2D eigenvalue weighted by Gasteiger charge is -2.32. The van der Waals surface area contributed by atoms with Crippen molar-refractivity contribution in [3.05, 3.63) is 35.4 Å². The Kier molecular flexibility index (Phi) is 4.92. The quantitative estimate of drug-likeness (QED) is 0.825. The molecule has 0 aliphatic heterocycles. The van der Waals surface area contributed by atoms with E-state index in [4.69, 9.17) is 0 Å². The summed E-state index contributed by atoms with van der Waals surface area (Å²) < 4.78 is 25.4. The Balaban J connectivity index is 2.10. The number of alkyl halides is 2. The van der Waals surface area contributed by atoms with Crippen LogP contribution in [0.25, 0.3) is 0 Å². The Morgan fingerprint density at radius 3 is 2.68 bits per heavy atom. The first-order valence-corrected chi connectivity index (χ1v) is 7.18. The van der Waals surface area contributed by atoms with E-state index in [2.05, 4.69) is 6.92 Å². The number of rotatable bonds is 4. The molecule has 106 valence electrons. The van der Waals surface area contributed by atoms with Gasteiger partial charge in [0.2, 0.25) is 0 Å². The van der Waals surface area contributed by atoms with Gasteiger partial charge in [-0.15, -0.1) is 0 Å². The summed E-state index contributed by atoms with van der Waals surface area (Å²) in [6.45, 7) is 2.18. The molecule has 0 spiro atoms. The maximum atomic E-state index is 12.7. The Hall–Kier alpha value is -0.960. The van der Waals surface area contributed by atoms with Crippen molar-refractivity contribution in [2.45, 2.75) is 51.6 Å². The van der Waals surface area contributed by atoms with Crippen molar-refractivity contribution in [1.29, 1.82) is 0 Å². The molecule has 3 unspecified atom stereocenters. The minimum atomic E-state index is -2.47. The minimum Gasteiger partial charge on any atom is -0.388 e. The van der Waals surface area contributed by atoms with Crippen LogP contribution in [0, 0.1) is 11.8 Å². The zero-order chi connectivity index (χ0) is 13.8. The topological polar surface area (TPSA) is 20.2 Å². The number of hydrogen-bond acceptors (Lipinski definition) is 1. The normalized spacial score (nSPS) is 25.5. The van der Waals surface area contributed by atoms with E-state index in [0.717, 1.165) is 25.7 Å². The lowest BCUT2D eigenvalue weighted by molar-refractivity contribution is 0.0674. The van der Waals surface area contributed by atoms with Crippen LogP contribution in [-0.4, -0.2) is 5.11 Å². The fraction of sp³-hybridized carbons (Fsp3) is 0.625. The Morgan fingerprint density at radius 2 is 2.00 bits per heavy atom. The monoisotopic (exact) mass is 268 g/mol. The van der Waals surface area contributed by atoms with Crippen molar-refractivity contribution in [1.82, 2.24) is 0 Å². The largest absolute Gasteiger partial charge is 0.388 e. The van der Waals surface area contributed by atoms with Crippen LogP contribution in [0.3, 0.4) is 0 Å². The van der Waals surface area contributed by atoms with Gasteiger partial charge < -0.3 is 5.11 Å². The number of halogens is 2. The summed E-state index contributed by atoms with van der Waals surface area (Å²) in [5, 5.41) is 10.4. The molecule has 1 nitrogen and oxygen atoms in total. The van der Waals surface area contributed by atoms with Gasteiger partial charge in [-0.25, -0.2) is 8.78 Å². The van der Waals surface area contributed by atoms with Gasteiger partial charge in [0, 0.05) is 5.56 Å². The zero-order valence-corrected chi connectivity index (χ0v) is 11.4. The van der Waals surface area contributed by atoms with Gasteiger partial charge in [0.25, 0.3) is 6.43 Å². The summed E-state index contributed by atoms with van der Waals surface area (Å²) >= 11 is 0. The van der Waals surface area contributed by atoms with Gasteiger partial charge in [0.1, 0.15) is 0 Å². The highest BCUT2D eigenvalue weighted by Gasteiger charge is 2.27. The molecule has 0 heterocycles. The number of aliphatic hydroxyl groups excluding tert-OH is 1. The molecule has 1 N–H and O–H groups in total. The summed E-state index contributed by atoms with van der Waals surface area (Å²) in [6, 6.07) is 6.23. The average molecular weight is 268 g/mol. The highest BCUT2D eigenvalue weighted by atomic mass is 19.3. The van der Waals surface area contributed by atoms with E-state index in [1.807, 2.05) is 0 Å². The Bertz CT molecular complexity index is 405. The van der Waals surface area contributed by atoms with Crippen molar-refractivity contribution >= 4 is 0 Å². The molecule has 2 rings (SSSR count). The van der Waals surface area contributed by atoms with Crippen molar-refractivity contribution in [2.75, 3.05) is 0 Å². The predicted octanol–water partition coefficient (Wildman–Crippen LogP) is 4.87. The first-order valence-electron chi connectivity index (χ1n) is 7.18. The van der Waals surface area contributed by atoms with E-state index >= 15 is 0 Å². The minimum absolute atomic E-state index is 0.000555. The first-order chi connectivity index (χ1) is 9.11. The molecule has 1 aromatic carbocycles. The average Bonchev–Trinajstić information content (AvgIpc) is 2.46. The fourth-order valence-corrected chi connectivity index (χ4v) is 3.14. The van der Waals surface area contributed by atoms with Gasteiger partial charge >= 0.3 is 0 Å². The van der Waals surface area contributed by atoms with Gasteiger partial charge in [-0.05, 0) is 36.3 Å². The third-order valence-electron chi connectivity index (χ3n) is 4.35. The first kappa shape index (κ1) is 14.4. The molecular formula is C16H22F2O. The summed E-state index contributed by atoms with van der Waals surface area (Å²) in [5.74, 6) is 0.887. The van der Waals surface area contributed by atoms with Crippen molar-refractivity contribution in [3.8, 4) is 0 Å². The second-order valence-electron chi connectivity index (χ2n) is 5.62. The molecule has 0 aromatic heterocycles. The molecule has 3 atom stereocenters. The molecule has 0 bridgehead atoms. The molecule has 0 saturated heterocycles. The third kappa shape index (κ3) is 3.53. The van der Waals surface area contributed by atoms with Crippen LogP contribution >= 0.6 is 0 Å². The van der Waals surface area contributed by atoms with Crippen LogP contribution in [-0.2, 0) is 0 Å². The van der Waals surface area contributed by atoms with Gasteiger partial charge in [0.15, 0.2) is 0 Å². The zero-order valence-electron chi connectivity index (χ0n) is 11.4. The van der Waals surface area contributed by atoms with Crippen molar-refractivity contribution in [2.24, 2.45) is 11.8 Å². The molecule has 3 heteroatoms. The highest BCUT2D eigenvalue weighted by molar-refractivity contribution is 5.26. The highest BCUT2D eigenvalue weighted by Crippen LogP contribution is 2.38. The molecule has 1 aliphatic rings. The van der Waals surface area contributed by atoms with E-state index in [-0.39, 0.29) is 11.5 Å². The second-order valence-corrected chi connectivity index (χ2v) is 5.62. The van der Waals surface area contributed by atoms with E-state index in [9.17, 15) is 13.9 Å². The van der Waals surface area contributed by atoms with E-state index in [1.165, 1.54) is 18.6 Å². The van der Waals surface area contributed by atoms with E-state index < -0.39 is 12.5 Å². The van der Waals surface area contributed by atoms with Crippen LogP contribution in [0.1, 0.15) is 62.7 Å². The lowest BCUT2D eigenvalue weighted by Crippen LogP contribution is -2.21. The van der Waals surface area contributed by atoms with Crippen LogP contribution < -0.4 is 0 Å². The summed E-state index contributed by atoms with van der Waals surface area (Å²) in [6.07, 6.45) is 2.44.